The molecule has 0 bridgehead atoms. The van der Waals surface area contributed by atoms with Crippen molar-refractivity contribution < 1.29 is 27.7 Å². The fourth-order valence-electron chi connectivity index (χ4n) is 4.28. The lowest BCUT2D eigenvalue weighted by atomic mass is 9.93. The summed E-state index contributed by atoms with van der Waals surface area (Å²) >= 11 is 0. The first-order valence-corrected chi connectivity index (χ1v) is 16.5. The zero-order chi connectivity index (χ0) is 31.7. The summed E-state index contributed by atoms with van der Waals surface area (Å²) in [4.78, 5) is 12.8. The van der Waals surface area contributed by atoms with Crippen LogP contribution in [0, 0.1) is 0 Å². The molecular formula is C34H54NO6P. The number of amides is 1. The van der Waals surface area contributed by atoms with Crippen molar-refractivity contribution in [1.29, 1.82) is 0 Å². The number of benzene rings is 2. The van der Waals surface area contributed by atoms with Crippen LogP contribution in [0.25, 0.3) is 0 Å². The number of carbonyl (C=O) groups is 1. The monoisotopic (exact) mass is 603 g/mol. The van der Waals surface area contributed by atoms with Crippen LogP contribution in [0.5, 0.6) is 0 Å². The fourth-order valence-corrected chi connectivity index (χ4v) is 6.21. The number of unbranched alkanes of at least 4 members (excludes halogenated alkanes) is 1. The maximum atomic E-state index is 13.7. The third-order valence-corrected chi connectivity index (χ3v) is 8.12. The van der Waals surface area contributed by atoms with Gasteiger partial charge in [0, 0.05) is 0 Å². The molecule has 0 fully saturated rings. The van der Waals surface area contributed by atoms with Crippen LogP contribution in [-0.4, -0.2) is 35.0 Å². The summed E-state index contributed by atoms with van der Waals surface area (Å²) < 4.78 is 36.7. The van der Waals surface area contributed by atoms with Crippen LogP contribution in [0.15, 0.2) is 54.6 Å². The van der Waals surface area contributed by atoms with E-state index >= 15 is 0 Å². The minimum absolute atomic E-state index is 0.0881. The van der Waals surface area contributed by atoms with Gasteiger partial charge in [-0.15, -0.1) is 0 Å². The van der Waals surface area contributed by atoms with Gasteiger partial charge in [0.1, 0.15) is 5.60 Å². The number of phosphoric ester groups is 1. The van der Waals surface area contributed by atoms with E-state index in [0.717, 1.165) is 31.2 Å². The van der Waals surface area contributed by atoms with Crippen molar-refractivity contribution in [3.05, 3.63) is 71.3 Å². The van der Waals surface area contributed by atoms with Crippen LogP contribution in [-0.2, 0) is 42.1 Å². The molecule has 1 N–H and O–H groups in total. The topological polar surface area (TPSA) is 83.1 Å². The maximum Gasteiger partial charge on any atom is 0.475 e. The van der Waals surface area contributed by atoms with Gasteiger partial charge in [-0.25, -0.2) is 9.36 Å². The summed E-state index contributed by atoms with van der Waals surface area (Å²) in [5, 5.41) is 2.96. The van der Waals surface area contributed by atoms with Crippen molar-refractivity contribution in [2.75, 3.05) is 6.61 Å². The number of carbonyl (C=O) groups excluding carboxylic acids is 1. The Morgan fingerprint density at radius 3 is 1.57 bits per heavy atom. The van der Waals surface area contributed by atoms with Gasteiger partial charge in [0.15, 0.2) is 0 Å². The van der Waals surface area contributed by atoms with E-state index in [0.29, 0.717) is 12.8 Å². The summed E-state index contributed by atoms with van der Waals surface area (Å²) in [5.74, 6) is 0. The molecule has 1 amide bonds. The van der Waals surface area contributed by atoms with E-state index in [2.05, 4.69) is 59.9 Å². The Labute approximate surface area is 254 Å². The molecule has 2 rings (SSSR count). The lowest BCUT2D eigenvalue weighted by molar-refractivity contribution is -0.00737. The summed E-state index contributed by atoms with van der Waals surface area (Å²) in [6.45, 7) is 18.0. The lowest BCUT2D eigenvalue weighted by Crippen LogP contribution is -2.51. The van der Waals surface area contributed by atoms with E-state index < -0.39 is 36.3 Å². The van der Waals surface area contributed by atoms with Gasteiger partial charge in [-0.05, 0) is 124 Å². The van der Waals surface area contributed by atoms with Gasteiger partial charge in [0.2, 0.25) is 0 Å². The predicted molar refractivity (Wildman–Crippen MR) is 171 cm³/mol. The molecule has 0 spiro atoms. The Morgan fingerprint density at radius 2 is 1.12 bits per heavy atom. The molecule has 7 nitrogen and oxygen atoms in total. The summed E-state index contributed by atoms with van der Waals surface area (Å²) in [6.07, 6.45) is 5.05. The van der Waals surface area contributed by atoms with Crippen LogP contribution in [0.3, 0.4) is 0 Å². The fraction of sp³-hybridized carbons (Fsp3) is 0.618. The highest BCUT2D eigenvalue weighted by atomic mass is 31.2. The Hall–Kier alpha value is -2.18. The second kappa shape index (κ2) is 15.0. The van der Waals surface area contributed by atoms with Crippen LogP contribution in [0.4, 0.5) is 4.79 Å². The third-order valence-electron chi connectivity index (χ3n) is 6.13. The van der Waals surface area contributed by atoms with Crippen LogP contribution in [0.2, 0.25) is 0 Å². The van der Waals surface area contributed by atoms with E-state index in [4.69, 9.17) is 18.3 Å². The maximum absolute atomic E-state index is 13.7. The van der Waals surface area contributed by atoms with Gasteiger partial charge in [-0.2, -0.15) is 0 Å². The Morgan fingerprint density at radius 1 is 0.667 bits per heavy atom. The molecule has 0 saturated heterocycles. The molecule has 0 aromatic heterocycles. The number of hydrogen-bond acceptors (Lipinski definition) is 6. The second-order valence-corrected chi connectivity index (χ2v) is 15.8. The number of nitrogens with one attached hydrogen (secondary N) is 1. The molecule has 2 aromatic carbocycles. The minimum Gasteiger partial charge on any atom is -0.444 e. The molecule has 0 radical (unpaired) electrons. The van der Waals surface area contributed by atoms with Crippen molar-refractivity contribution >= 4 is 13.9 Å². The van der Waals surface area contributed by atoms with Crippen molar-refractivity contribution in [2.24, 2.45) is 0 Å². The minimum atomic E-state index is -3.97. The lowest BCUT2D eigenvalue weighted by Gasteiger charge is -2.35. The van der Waals surface area contributed by atoms with Gasteiger partial charge >= 0.3 is 13.9 Å². The molecule has 0 aliphatic heterocycles. The number of phosphoric acid groups is 1. The quantitative estimate of drug-likeness (QED) is 0.171. The van der Waals surface area contributed by atoms with Crippen molar-refractivity contribution in [2.45, 2.75) is 130 Å². The Balaban J connectivity index is 2.07. The molecule has 2 aromatic rings. The van der Waals surface area contributed by atoms with Gasteiger partial charge in [-0.1, -0.05) is 54.6 Å². The molecule has 0 saturated carbocycles. The van der Waals surface area contributed by atoms with Gasteiger partial charge in [0.25, 0.3) is 0 Å². The molecule has 0 aliphatic carbocycles. The SMILES string of the molecule is CC(CCc1ccc(CCCCc2ccccc2)cc1)(COP(=O)(OC(C)(C)C)OC(C)(C)C)NC(=O)OC(C)(C)C. The smallest absolute Gasteiger partial charge is 0.444 e. The first-order chi connectivity index (χ1) is 19.3. The van der Waals surface area contributed by atoms with E-state index in [-0.39, 0.29) is 6.61 Å². The van der Waals surface area contributed by atoms with Gasteiger partial charge in [-0.3, -0.25) is 13.6 Å². The Bertz CT molecular complexity index is 1130. The van der Waals surface area contributed by atoms with E-state index in [1.807, 2.05) is 27.7 Å². The molecule has 0 aliphatic rings. The van der Waals surface area contributed by atoms with Crippen molar-refractivity contribution in [1.82, 2.24) is 5.32 Å². The zero-order valence-corrected chi connectivity index (χ0v) is 28.4. The van der Waals surface area contributed by atoms with Crippen LogP contribution >= 0.6 is 7.82 Å². The summed E-state index contributed by atoms with van der Waals surface area (Å²) in [7, 11) is -3.97. The first kappa shape index (κ1) is 36.0. The molecule has 8 heteroatoms. The van der Waals surface area contributed by atoms with E-state index in [1.54, 1.807) is 41.5 Å². The molecule has 236 valence electrons. The van der Waals surface area contributed by atoms with E-state index in [1.165, 1.54) is 11.1 Å². The Kier molecular flexibility index (Phi) is 12.9. The summed E-state index contributed by atoms with van der Waals surface area (Å²) in [6, 6.07) is 19.2. The highest BCUT2D eigenvalue weighted by Crippen LogP contribution is 2.55. The highest BCUT2D eigenvalue weighted by Gasteiger charge is 2.40. The zero-order valence-electron chi connectivity index (χ0n) is 27.5. The summed E-state index contributed by atoms with van der Waals surface area (Å²) in [5.41, 5.74) is 0.730. The number of rotatable bonds is 14. The van der Waals surface area contributed by atoms with Crippen molar-refractivity contribution in [3.8, 4) is 0 Å². The van der Waals surface area contributed by atoms with Crippen LogP contribution in [0.1, 0.15) is 105 Å². The van der Waals surface area contributed by atoms with Gasteiger partial charge < -0.3 is 10.1 Å². The predicted octanol–water partition coefficient (Wildman–Crippen LogP) is 9.22. The molecule has 42 heavy (non-hydrogen) atoms. The average molecular weight is 604 g/mol. The van der Waals surface area contributed by atoms with E-state index in [9.17, 15) is 9.36 Å². The van der Waals surface area contributed by atoms with Crippen LogP contribution < -0.4 is 5.32 Å². The molecular weight excluding hydrogens is 549 g/mol. The first-order valence-electron chi connectivity index (χ1n) is 15.0. The largest absolute Gasteiger partial charge is 0.475 e. The second-order valence-electron chi connectivity index (χ2n) is 14.3. The standard InChI is InChI=1S/C34H54NO6P/c1-31(2,3)39-30(36)35-34(10,26-38-42(37,40-32(4,5)6)41-33(7,8)9)25-24-29-22-20-28(21-23-29)19-15-14-18-27-16-12-11-13-17-27/h11-13,16-17,20-23H,14-15,18-19,24-26H2,1-10H3,(H,35,36). The van der Waals surface area contributed by atoms with Crippen molar-refractivity contribution in [3.63, 3.8) is 0 Å². The number of hydrogen-bond donors (Lipinski definition) is 1. The number of alkyl carbamates (subject to hydrolysis) is 1. The molecule has 0 heterocycles. The number of aryl methyl sites for hydroxylation is 3. The normalized spacial score (nSPS) is 14.3. The average Bonchev–Trinajstić information content (AvgIpc) is 2.82. The third kappa shape index (κ3) is 15.3. The molecule has 1 atom stereocenters. The molecule has 1 unspecified atom stereocenters. The van der Waals surface area contributed by atoms with Gasteiger partial charge in [0.05, 0.1) is 23.3 Å². The highest BCUT2D eigenvalue weighted by molar-refractivity contribution is 7.48. The number of ether oxygens (including phenoxy) is 1.